The third-order valence-electron chi connectivity index (χ3n) is 4.54. The van der Waals surface area contributed by atoms with Crippen LogP contribution in [0.5, 0.6) is 0 Å². The average Bonchev–Trinajstić information content (AvgIpc) is 3.34. The van der Waals surface area contributed by atoms with Gasteiger partial charge in [0.2, 0.25) is 11.8 Å². The molecule has 0 spiro atoms. The summed E-state index contributed by atoms with van der Waals surface area (Å²) in [7, 11) is 0. The lowest BCUT2D eigenvalue weighted by molar-refractivity contribution is 0.169. The van der Waals surface area contributed by atoms with E-state index in [1.807, 2.05) is 30.3 Å². The minimum absolute atomic E-state index is 0.132. The Morgan fingerprint density at radius 3 is 2.87 bits per heavy atom. The Morgan fingerprint density at radius 1 is 1.22 bits per heavy atom. The molecular formula is C18H19N3OS. The Morgan fingerprint density at radius 2 is 2.09 bits per heavy atom. The van der Waals surface area contributed by atoms with Crippen molar-refractivity contribution in [2.45, 2.75) is 31.8 Å². The maximum absolute atomic E-state index is 5.95. The highest BCUT2D eigenvalue weighted by Crippen LogP contribution is 2.39. The fourth-order valence-corrected chi connectivity index (χ4v) is 4.02. The molecule has 23 heavy (non-hydrogen) atoms. The monoisotopic (exact) mass is 325 g/mol. The molecule has 1 saturated heterocycles. The largest absolute Gasteiger partial charge is 0.419 e. The van der Waals surface area contributed by atoms with Crippen LogP contribution in [0.2, 0.25) is 0 Å². The van der Waals surface area contributed by atoms with E-state index in [0.717, 1.165) is 12.1 Å². The molecule has 3 heterocycles. The van der Waals surface area contributed by atoms with Gasteiger partial charge in [0.15, 0.2) is 0 Å². The molecule has 0 unspecified atom stereocenters. The first-order chi connectivity index (χ1) is 11.3. The molecule has 3 aromatic rings. The average molecular weight is 325 g/mol. The summed E-state index contributed by atoms with van der Waals surface area (Å²) >= 11 is 1.76. The van der Waals surface area contributed by atoms with E-state index in [1.165, 1.54) is 18.4 Å². The Labute approximate surface area is 139 Å². The van der Waals surface area contributed by atoms with Crippen LogP contribution in [-0.2, 0) is 0 Å². The fourth-order valence-electron chi connectivity index (χ4n) is 3.32. The van der Waals surface area contributed by atoms with Gasteiger partial charge in [0.05, 0.1) is 6.04 Å². The van der Waals surface area contributed by atoms with E-state index in [9.17, 15) is 0 Å². The summed E-state index contributed by atoms with van der Waals surface area (Å²) in [6, 6.07) is 12.8. The molecule has 2 atom stereocenters. The number of likely N-dealkylation sites (tertiary alicyclic amines) is 1. The Hall–Kier alpha value is -1.98. The Balaban J connectivity index is 1.57. The number of rotatable bonds is 4. The van der Waals surface area contributed by atoms with E-state index in [-0.39, 0.29) is 6.04 Å². The smallest absolute Gasteiger partial charge is 0.247 e. The van der Waals surface area contributed by atoms with Gasteiger partial charge in [0, 0.05) is 11.6 Å². The van der Waals surface area contributed by atoms with E-state index in [4.69, 9.17) is 4.42 Å². The van der Waals surface area contributed by atoms with Crippen LogP contribution in [0, 0.1) is 0 Å². The van der Waals surface area contributed by atoms with Crippen LogP contribution in [-0.4, -0.2) is 21.6 Å². The van der Waals surface area contributed by atoms with Crippen molar-refractivity contribution in [1.82, 2.24) is 15.1 Å². The first-order valence-electron chi connectivity index (χ1n) is 7.99. The van der Waals surface area contributed by atoms with Crippen molar-refractivity contribution in [3.05, 3.63) is 58.6 Å². The van der Waals surface area contributed by atoms with Crippen molar-refractivity contribution in [3.63, 3.8) is 0 Å². The molecule has 118 valence electrons. The minimum atomic E-state index is 0.132. The van der Waals surface area contributed by atoms with E-state index in [1.54, 1.807) is 11.3 Å². The highest BCUT2D eigenvalue weighted by atomic mass is 32.1. The van der Waals surface area contributed by atoms with Crippen molar-refractivity contribution in [1.29, 1.82) is 0 Å². The van der Waals surface area contributed by atoms with Crippen LogP contribution in [0.4, 0.5) is 0 Å². The molecule has 1 aliphatic rings. The summed E-state index contributed by atoms with van der Waals surface area (Å²) in [6.07, 6.45) is 2.41. The van der Waals surface area contributed by atoms with Gasteiger partial charge in [-0.25, -0.2) is 0 Å². The molecule has 4 rings (SSSR count). The van der Waals surface area contributed by atoms with Crippen LogP contribution in [0.25, 0.3) is 11.5 Å². The van der Waals surface area contributed by atoms with Gasteiger partial charge in [-0.2, -0.15) is 11.3 Å². The lowest BCUT2D eigenvalue weighted by atomic mass is 10.1. The van der Waals surface area contributed by atoms with Crippen LogP contribution in [0.3, 0.4) is 0 Å². The van der Waals surface area contributed by atoms with Gasteiger partial charge in [-0.15, -0.1) is 10.2 Å². The molecule has 5 heteroatoms. The molecule has 4 nitrogen and oxygen atoms in total. The molecule has 0 saturated carbocycles. The molecule has 0 amide bonds. The molecule has 0 N–H and O–H groups in total. The predicted molar refractivity (Wildman–Crippen MR) is 91.1 cm³/mol. The van der Waals surface area contributed by atoms with Gasteiger partial charge < -0.3 is 4.42 Å². The van der Waals surface area contributed by atoms with Crippen molar-refractivity contribution < 1.29 is 4.42 Å². The molecular weight excluding hydrogens is 306 g/mol. The minimum Gasteiger partial charge on any atom is -0.419 e. The first-order valence-corrected chi connectivity index (χ1v) is 8.94. The van der Waals surface area contributed by atoms with Crippen LogP contribution >= 0.6 is 11.3 Å². The topological polar surface area (TPSA) is 42.2 Å². The lowest BCUT2D eigenvalue weighted by Crippen LogP contribution is -2.26. The van der Waals surface area contributed by atoms with E-state index >= 15 is 0 Å². The van der Waals surface area contributed by atoms with Crippen LogP contribution in [0.1, 0.15) is 43.3 Å². The maximum Gasteiger partial charge on any atom is 0.247 e. The number of nitrogens with zero attached hydrogens (tertiary/aromatic N) is 3. The maximum atomic E-state index is 5.95. The second-order valence-corrected chi connectivity index (χ2v) is 6.72. The SMILES string of the molecule is C[C@@H](c1nnc(-c2ccccc2)o1)N1CCC[C@H]1c1ccsc1. The van der Waals surface area contributed by atoms with Crippen LogP contribution in [0.15, 0.2) is 51.6 Å². The van der Waals surface area contributed by atoms with E-state index < -0.39 is 0 Å². The number of thiophene rings is 1. The molecule has 1 fully saturated rings. The van der Waals surface area contributed by atoms with Crippen molar-refractivity contribution >= 4 is 11.3 Å². The number of aromatic nitrogens is 2. The first kappa shape index (κ1) is 14.6. The van der Waals surface area contributed by atoms with Crippen molar-refractivity contribution in [3.8, 4) is 11.5 Å². The zero-order chi connectivity index (χ0) is 15.6. The molecule has 1 aromatic carbocycles. The standard InChI is InChI=1S/C18H19N3OS/c1-13(21-10-5-8-16(21)15-9-11-23-12-15)17-19-20-18(22-17)14-6-3-2-4-7-14/h2-4,6-7,9,11-13,16H,5,8,10H2,1H3/t13-,16-/m0/s1. The summed E-state index contributed by atoms with van der Waals surface area (Å²) in [4.78, 5) is 2.48. The lowest BCUT2D eigenvalue weighted by Gasteiger charge is -2.28. The van der Waals surface area contributed by atoms with Crippen LogP contribution < -0.4 is 0 Å². The number of benzene rings is 1. The quantitative estimate of drug-likeness (QED) is 0.697. The molecule has 0 aliphatic carbocycles. The summed E-state index contributed by atoms with van der Waals surface area (Å²) in [6.45, 7) is 3.23. The highest BCUT2D eigenvalue weighted by Gasteiger charge is 2.33. The molecule has 2 aromatic heterocycles. The third-order valence-corrected chi connectivity index (χ3v) is 5.24. The second-order valence-electron chi connectivity index (χ2n) is 5.94. The molecule has 1 aliphatic heterocycles. The molecule has 0 bridgehead atoms. The highest BCUT2D eigenvalue weighted by molar-refractivity contribution is 7.07. The van der Waals surface area contributed by atoms with Crippen molar-refractivity contribution in [2.24, 2.45) is 0 Å². The number of hydrogen-bond acceptors (Lipinski definition) is 5. The van der Waals surface area contributed by atoms with Gasteiger partial charge >= 0.3 is 0 Å². The van der Waals surface area contributed by atoms with Crippen molar-refractivity contribution in [2.75, 3.05) is 6.54 Å². The third kappa shape index (κ3) is 2.82. The Bertz CT molecular complexity index is 754. The zero-order valence-corrected chi connectivity index (χ0v) is 13.9. The summed E-state index contributed by atoms with van der Waals surface area (Å²) < 4.78 is 5.95. The van der Waals surface area contributed by atoms with E-state index in [2.05, 4.69) is 38.8 Å². The number of hydrogen-bond donors (Lipinski definition) is 0. The molecule has 0 radical (unpaired) electrons. The summed E-state index contributed by atoms with van der Waals surface area (Å²) in [5.74, 6) is 1.30. The van der Waals surface area contributed by atoms with Gasteiger partial charge in [-0.3, -0.25) is 4.90 Å². The summed E-state index contributed by atoms with van der Waals surface area (Å²) in [5, 5.41) is 12.9. The zero-order valence-electron chi connectivity index (χ0n) is 13.1. The van der Waals surface area contributed by atoms with Gasteiger partial charge in [0.1, 0.15) is 0 Å². The predicted octanol–water partition coefficient (Wildman–Crippen LogP) is 4.70. The van der Waals surface area contributed by atoms with E-state index in [0.29, 0.717) is 17.8 Å². The van der Waals surface area contributed by atoms with Gasteiger partial charge in [-0.05, 0) is 60.8 Å². The fraction of sp³-hybridized carbons (Fsp3) is 0.333. The second kappa shape index (κ2) is 6.26. The summed E-state index contributed by atoms with van der Waals surface area (Å²) in [5.41, 5.74) is 2.37. The van der Waals surface area contributed by atoms with Gasteiger partial charge in [0.25, 0.3) is 0 Å². The Kier molecular flexibility index (Phi) is 3.97. The normalized spacial score (nSPS) is 20.0. The van der Waals surface area contributed by atoms with Gasteiger partial charge in [-0.1, -0.05) is 18.2 Å².